The zero-order valence-electron chi connectivity index (χ0n) is 9.92. The van der Waals surface area contributed by atoms with Crippen LogP contribution in [0.4, 0.5) is 5.69 Å². The minimum Gasteiger partial charge on any atom is -0.397 e. The Kier molecular flexibility index (Phi) is 5.77. The summed E-state index contributed by atoms with van der Waals surface area (Å²) in [5, 5.41) is 3.62. The van der Waals surface area contributed by atoms with Gasteiger partial charge in [0.25, 0.3) is 0 Å². The summed E-state index contributed by atoms with van der Waals surface area (Å²) < 4.78 is 0.866. The molecule has 0 saturated carbocycles. The Hall–Kier alpha value is -0.750. The minimum absolute atomic E-state index is 0.0278. The molecule has 1 aromatic rings. The van der Waals surface area contributed by atoms with E-state index in [2.05, 4.69) is 26.2 Å². The van der Waals surface area contributed by atoms with Gasteiger partial charge in [-0.05, 0) is 34.8 Å². The lowest BCUT2D eigenvalue weighted by atomic mass is 10.3. The van der Waals surface area contributed by atoms with Crippen LogP contribution in [0.3, 0.4) is 0 Å². The van der Waals surface area contributed by atoms with Gasteiger partial charge in [0.15, 0.2) is 0 Å². The molecule has 1 rings (SSSR count). The van der Waals surface area contributed by atoms with Crippen molar-refractivity contribution in [3.63, 3.8) is 0 Å². The number of hydrogen-bond acceptors (Lipinski definition) is 4. The van der Waals surface area contributed by atoms with Gasteiger partial charge < -0.3 is 11.1 Å². The highest BCUT2D eigenvalue weighted by Crippen LogP contribution is 2.30. The Balaban J connectivity index is 2.58. The molecule has 0 aliphatic rings. The molecule has 0 spiro atoms. The standard InChI is InChI=1S/C11H16BrN3OS/c1-3-4-14-9(16)6-17-11-10(12)7(2)8(13)5-15-11/h5H,3-4,6,13H2,1-2H3,(H,14,16). The van der Waals surface area contributed by atoms with Crippen LogP contribution in [0.2, 0.25) is 0 Å². The minimum atomic E-state index is 0.0278. The molecule has 1 amide bonds. The second-order valence-corrected chi connectivity index (χ2v) is 5.35. The van der Waals surface area contributed by atoms with Crippen molar-refractivity contribution in [2.75, 3.05) is 18.0 Å². The first-order chi connectivity index (χ1) is 8.06. The van der Waals surface area contributed by atoms with E-state index in [1.165, 1.54) is 11.8 Å². The van der Waals surface area contributed by atoms with E-state index in [1.54, 1.807) is 6.20 Å². The number of aromatic nitrogens is 1. The fourth-order valence-corrected chi connectivity index (χ4v) is 2.57. The normalized spacial score (nSPS) is 10.3. The lowest BCUT2D eigenvalue weighted by Gasteiger charge is -2.08. The number of nitrogens with zero attached hydrogens (tertiary/aromatic N) is 1. The van der Waals surface area contributed by atoms with Gasteiger partial charge in [-0.3, -0.25) is 4.79 Å². The molecule has 94 valence electrons. The molecule has 0 saturated heterocycles. The molecule has 17 heavy (non-hydrogen) atoms. The maximum atomic E-state index is 11.4. The van der Waals surface area contributed by atoms with Crippen LogP contribution in [0.5, 0.6) is 0 Å². The van der Waals surface area contributed by atoms with E-state index in [0.29, 0.717) is 11.4 Å². The second-order valence-electron chi connectivity index (χ2n) is 3.60. The van der Waals surface area contributed by atoms with Crippen LogP contribution in [-0.2, 0) is 4.79 Å². The summed E-state index contributed by atoms with van der Waals surface area (Å²) in [4.78, 5) is 15.6. The molecule has 0 aromatic carbocycles. The number of carbonyl (C=O) groups is 1. The quantitative estimate of drug-likeness (QED) is 0.818. The van der Waals surface area contributed by atoms with Crippen LogP contribution in [0.1, 0.15) is 18.9 Å². The predicted molar refractivity (Wildman–Crippen MR) is 75.1 cm³/mol. The zero-order chi connectivity index (χ0) is 12.8. The van der Waals surface area contributed by atoms with Gasteiger partial charge >= 0.3 is 0 Å². The molecule has 0 aliphatic heterocycles. The first-order valence-corrected chi connectivity index (χ1v) is 7.14. The van der Waals surface area contributed by atoms with Gasteiger partial charge in [-0.25, -0.2) is 4.98 Å². The topological polar surface area (TPSA) is 68.0 Å². The van der Waals surface area contributed by atoms with Gasteiger partial charge in [-0.1, -0.05) is 18.7 Å². The average Bonchev–Trinajstić information content (AvgIpc) is 2.32. The van der Waals surface area contributed by atoms with Crippen LogP contribution in [-0.4, -0.2) is 23.2 Å². The molecule has 4 nitrogen and oxygen atoms in total. The summed E-state index contributed by atoms with van der Waals surface area (Å²) in [5.74, 6) is 0.398. The van der Waals surface area contributed by atoms with Crippen molar-refractivity contribution in [1.82, 2.24) is 10.3 Å². The summed E-state index contributed by atoms with van der Waals surface area (Å²) in [7, 11) is 0. The summed E-state index contributed by atoms with van der Waals surface area (Å²) >= 11 is 4.84. The van der Waals surface area contributed by atoms with E-state index in [0.717, 1.165) is 28.0 Å². The maximum absolute atomic E-state index is 11.4. The number of anilines is 1. The Bertz CT molecular complexity index is 412. The Morgan fingerprint density at radius 1 is 1.65 bits per heavy atom. The molecular formula is C11H16BrN3OS. The van der Waals surface area contributed by atoms with Gasteiger partial charge in [-0.2, -0.15) is 0 Å². The molecule has 0 aliphatic carbocycles. The Labute approximate surface area is 114 Å². The van der Waals surface area contributed by atoms with Gasteiger partial charge in [0.1, 0.15) is 5.03 Å². The third-order valence-corrected chi connectivity index (χ3v) is 4.41. The van der Waals surface area contributed by atoms with Crippen molar-refractivity contribution in [1.29, 1.82) is 0 Å². The number of carbonyl (C=O) groups excluding carboxylic acids is 1. The van der Waals surface area contributed by atoms with E-state index in [4.69, 9.17) is 5.73 Å². The highest BCUT2D eigenvalue weighted by molar-refractivity contribution is 9.10. The number of pyridine rings is 1. The highest BCUT2D eigenvalue weighted by Gasteiger charge is 2.10. The molecule has 0 bridgehead atoms. The van der Waals surface area contributed by atoms with Crippen LogP contribution in [0.25, 0.3) is 0 Å². The molecule has 0 fully saturated rings. The summed E-state index contributed by atoms with van der Waals surface area (Å²) in [5.41, 5.74) is 7.33. The molecule has 3 N–H and O–H groups in total. The third-order valence-electron chi connectivity index (χ3n) is 2.18. The molecule has 1 aromatic heterocycles. The van der Waals surface area contributed by atoms with Crippen LogP contribution < -0.4 is 11.1 Å². The molecule has 1 heterocycles. The second kappa shape index (κ2) is 6.86. The fraction of sp³-hybridized carbons (Fsp3) is 0.455. The van der Waals surface area contributed by atoms with Gasteiger partial charge in [-0.15, -0.1) is 0 Å². The Morgan fingerprint density at radius 3 is 3.00 bits per heavy atom. The predicted octanol–water partition coefficient (Wildman–Crippen LogP) is 2.35. The van der Waals surface area contributed by atoms with Crippen molar-refractivity contribution in [3.8, 4) is 0 Å². The van der Waals surface area contributed by atoms with E-state index in [9.17, 15) is 4.79 Å². The highest BCUT2D eigenvalue weighted by atomic mass is 79.9. The van der Waals surface area contributed by atoms with Crippen molar-refractivity contribution in [3.05, 3.63) is 16.2 Å². The number of halogens is 1. The number of nitrogens with one attached hydrogen (secondary N) is 1. The summed E-state index contributed by atoms with van der Waals surface area (Å²) in [6.07, 6.45) is 2.56. The smallest absolute Gasteiger partial charge is 0.230 e. The number of amides is 1. The third kappa shape index (κ3) is 4.20. The first-order valence-electron chi connectivity index (χ1n) is 5.36. The lowest BCUT2D eigenvalue weighted by Crippen LogP contribution is -2.25. The van der Waals surface area contributed by atoms with E-state index in [-0.39, 0.29) is 5.91 Å². The lowest BCUT2D eigenvalue weighted by molar-refractivity contribution is -0.118. The summed E-state index contributed by atoms with van der Waals surface area (Å²) in [6.45, 7) is 4.66. The number of hydrogen-bond donors (Lipinski definition) is 2. The molecule has 0 unspecified atom stereocenters. The van der Waals surface area contributed by atoms with Crippen molar-refractivity contribution >= 4 is 39.3 Å². The maximum Gasteiger partial charge on any atom is 0.230 e. The molecule has 6 heteroatoms. The molecule has 0 radical (unpaired) electrons. The fourth-order valence-electron chi connectivity index (χ4n) is 1.12. The van der Waals surface area contributed by atoms with Crippen molar-refractivity contribution in [2.24, 2.45) is 0 Å². The SMILES string of the molecule is CCCNC(=O)CSc1ncc(N)c(C)c1Br. The van der Waals surface area contributed by atoms with Crippen LogP contribution >= 0.6 is 27.7 Å². The van der Waals surface area contributed by atoms with Gasteiger partial charge in [0.05, 0.1) is 22.1 Å². The van der Waals surface area contributed by atoms with Gasteiger partial charge in [0.2, 0.25) is 5.91 Å². The number of nitrogen functional groups attached to an aromatic ring is 1. The van der Waals surface area contributed by atoms with Crippen molar-refractivity contribution < 1.29 is 4.79 Å². The largest absolute Gasteiger partial charge is 0.397 e. The van der Waals surface area contributed by atoms with E-state index >= 15 is 0 Å². The van der Waals surface area contributed by atoms with Crippen LogP contribution in [0, 0.1) is 6.92 Å². The van der Waals surface area contributed by atoms with Crippen molar-refractivity contribution in [2.45, 2.75) is 25.3 Å². The van der Waals surface area contributed by atoms with Crippen LogP contribution in [0.15, 0.2) is 15.7 Å². The Morgan fingerprint density at radius 2 is 2.35 bits per heavy atom. The molecule has 0 atom stereocenters. The van der Waals surface area contributed by atoms with E-state index in [1.807, 2.05) is 13.8 Å². The summed E-state index contributed by atoms with van der Waals surface area (Å²) in [6, 6.07) is 0. The number of thioether (sulfide) groups is 1. The van der Waals surface area contributed by atoms with Gasteiger partial charge in [0, 0.05) is 6.54 Å². The zero-order valence-corrected chi connectivity index (χ0v) is 12.3. The number of nitrogens with two attached hydrogens (primary N) is 1. The average molecular weight is 318 g/mol. The molecular weight excluding hydrogens is 302 g/mol. The number of rotatable bonds is 5. The van der Waals surface area contributed by atoms with E-state index < -0.39 is 0 Å². The monoisotopic (exact) mass is 317 g/mol. The first kappa shape index (κ1) is 14.3.